The third-order valence-electron chi connectivity index (χ3n) is 2.39. The number of nitrogens with zero attached hydrogens (tertiary/aromatic N) is 1. The van der Waals surface area contributed by atoms with Crippen LogP contribution in [0.1, 0.15) is 33.6 Å². The van der Waals surface area contributed by atoms with E-state index in [4.69, 9.17) is 5.11 Å². The second-order valence-electron chi connectivity index (χ2n) is 7.21. The molecule has 0 heterocycles. The Morgan fingerprint density at radius 3 is 1.78 bits per heavy atom. The molecule has 0 aromatic carbocycles. The van der Waals surface area contributed by atoms with Crippen LogP contribution in [0.25, 0.3) is 0 Å². The first-order chi connectivity index (χ1) is 7.75. The predicted molar refractivity (Wildman–Crippen MR) is 69.2 cm³/mol. The molecule has 0 rings (SSSR count). The maximum absolute atomic E-state index is 12.2. The molecule has 2 N–H and O–H groups in total. The number of ketones is 1. The molecule has 5 heteroatoms. The molecule has 0 aromatic heterocycles. The van der Waals surface area contributed by atoms with Crippen LogP contribution in [0.2, 0.25) is 0 Å². The van der Waals surface area contributed by atoms with Crippen molar-refractivity contribution < 1.29 is 24.3 Å². The summed E-state index contributed by atoms with van der Waals surface area (Å²) >= 11 is 0. The minimum Gasteiger partial charge on any atom is -0.481 e. The average Bonchev–Trinajstić information content (AvgIpc) is 1.93. The lowest BCUT2D eigenvalue weighted by Gasteiger charge is -2.35. The van der Waals surface area contributed by atoms with Crippen LogP contribution in [-0.2, 0) is 9.59 Å². The molecule has 0 aromatic rings. The number of carboxylic acid groups (broad SMARTS) is 1. The number of quaternary nitrogens is 1. The van der Waals surface area contributed by atoms with Crippen molar-refractivity contribution in [2.24, 2.45) is 5.41 Å². The van der Waals surface area contributed by atoms with Gasteiger partial charge in [0.25, 0.3) is 0 Å². The van der Waals surface area contributed by atoms with Gasteiger partial charge in [-0.2, -0.15) is 0 Å². The van der Waals surface area contributed by atoms with Crippen LogP contribution in [0.3, 0.4) is 0 Å². The van der Waals surface area contributed by atoms with E-state index in [2.05, 4.69) is 0 Å². The number of rotatable bonds is 6. The average molecular weight is 260 g/mol. The fourth-order valence-corrected chi connectivity index (χ4v) is 1.92. The predicted octanol–water partition coefficient (Wildman–Crippen LogP) is 0.904. The molecule has 18 heavy (non-hydrogen) atoms. The van der Waals surface area contributed by atoms with Crippen molar-refractivity contribution in [3.63, 3.8) is 0 Å². The van der Waals surface area contributed by atoms with Crippen LogP contribution in [-0.4, -0.2) is 59.7 Å². The fourth-order valence-electron chi connectivity index (χ4n) is 1.92. The summed E-state index contributed by atoms with van der Waals surface area (Å²) in [6, 6.07) is 0. The van der Waals surface area contributed by atoms with Crippen molar-refractivity contribution in [1.82, 2.24) is 0 Å². The minimum absolute atomic E-state index is 0.0915. The Balaban J connectivity index is 5.09. The molecule has 0 saturated heterocycles. The van der Waals surface area contributed by atoms with Crippen LogP contribution >= 0.6 is 0 Å². The van der Waals surface area contributed by atoms with Gasteiger partial charge in [-0.1, -0.05) is 20.8 Å². The topological polar surface area (TPSA) is 74.6 Å². The van der Waals surface area contributed by atoms with Gasteiger partial charge in [0.1, 0.15) is 6.54 Å². The van der Waals surface area contributed by atoms with E-state index in [1.165, 1.54) is 0 Å². The summed E-state index contributed by atoms with van der Waals surface area (Å²) < 4.78 is 0.333. The van der Waals surface area contributed by atoms with Gasteiger partial charge in [-0.15, -0.1) is 0 Å². The Kier molecular flexibility index (Phi) is 5.08. The Morgan fingerprint density at radius 1 is 1.06 bits per heavy atom. The zero-order valence-corrected chi connectivity index (χ0v) is 12.3. The number of hydrogen-bond acceptors (Lipinski definition) is 3. The first-order valence-electron chi connectivity index (χ1n) is 6.03. The smallest absolute Gasteiger partial charge is 0.306 e. The van der Waals surface area contributed by atoms with E-state index in [1.807, 2.05) is 41.9 Å². The van der Waals surface area contributed by atoms with Gasteiger partial charge in [-0.3, -0.25) is 9.59 Å². The third kappa shape index (κ3) is 6.71. The van der Waals surface area contributed by atoms with E-state index in [9.17, 15) is 14.7 Å². The van der Waals surface area contributed by atoms with Gasteiger partial charge in [0.15, 0.2) is 11.4 Å². The maximum Gasteiger partial charge on any atom is 0.306 e. The molecule has 1 unspecified atom stereocenters. The van der Waals surface area contributed by atoms with Gasteiger partial charge in [0.2, 0.25) is 0 Å². The summed E-state index contributed by atoms with van der Waals surface area (Å²) in [5.41, 5.74) is -2.06. The summed E-state index contributed by atoms with van der Waals surface area (Å²) in [6.07, 6.45) is -0.381. The highest BCUT2D eigenvalue weighted by atomic mass is 16.4. The normalized spacial score (nSPS) is 16.2. The first-order valence-corrected chi connectivity index (χ1v) is 6.03. The van der Waals surface area contributed by atoms with Gasteiger partial charge in [0.05, 0.1) is 27.6 Å². The lowest BCUT2D eigenvalue weighted by molar-refractivity contribution is -0.875. The summed E-state index contributed by atoms with van der Waals surface area (Å²) in [5.74, 6) is -1.56. The van der Waals surface area contributed by atoms with Gasteiger partial charge in [-0.25, -0.2) is 0 Å². The molecule has 0 aliphatic carbocycles. The van der Waals surface area contributed by atoms with Crippen molar-refractivity contribution in [2.45, 2.75) is 39.2 Å². The molecule has 5 nitrogen and oxygen atoms in total. The Hall–Kier alpha value is -0.940. The molecule has 1 atom stereocenters. The summed E-state index contributed by atoms with van der Waals surface area (Å²) in [6.45, 7) is 5.75. The number of aliphatic carboxylic acids is 1. The molecule has 0 aliphatic rings. The van der Waals surface area contributed by atoms with Gasteiger partial charge < -0.3 is 14.7 Å². The highest BCUT2D eigenvalue weighted by Crippen LogP contribution is 2.26. The largest absolute Gasteiger partial charge is 0.481 e. The van der Waals surface area contributed by atoms with E-state index in [1.54, 1.807) is 0 Å². The van der Waals surface area contributed by atoms with Gasteiger partial charge in [0, 0.05) is 6.42 Å². The van der Waals surface area contributed by atoms with E-state index in [0.29, 0.717) is 4.48 Å². The Morgan fingerprint density at radius 2 is 1.50 bits per heavy atom. The molecule has 0 bridgehead atoms. The molecule has 0 spiro atoms. The number of hydrogen-bond donors (Lipinski definition) is 2. The second kappa shape index (κ2) is 5.36. The standard InChI is InChI=1S/C13H25NO4/c1-12(2,3)7-10(15)13(18,8-11(16)17)9-14(4,5)6/h18H,7-9H2,1-6H3/p+1. The lowest BCUT2D eigenvalue weighted by atomic mass is 9.82. The van der Waals surface area contributed by atoms with E-state index in [0.717, 1.165) is 0 Å². The lowest BCUT2D eigenvalue weighted by Crippen LogP contribution is -2.55. The van der Waals surface area contributed by atoms with E-state index < -0.39 is 23.8 Å². The second-order valence-corrected chi connectivity index (χ2v) is 7.21. The van der Waals surface area contributed by atoms with Crippen LogP contribution in [0, 0.1) is 5.41 Å². The molecule has 0 radical (unpaired) electrons. The number of carbonyl (C=O) groups excluding carboxylic acids is 1. The van der Waals surface area contributed by atoms with Crippen molar-refractivity contribution in [3.05, 3.63) is 0 Å². The minimum atomic E-state index is -1.79. The van der Waals surface area contributed by atoms with Crippen molar-refractivity contribution in [2.75, 3.05) is 27.7 Å². The van der Waals surface area contributed by atoms with Gasteiger partial charge >= 0.3 is 5.97 Å². The number of carbonyl (C=O) groups is 2. The van der Waals surface area contributed by atoms with Gasteiger partial charge in [-0.05, 0) is 5.41 Å². The molecule has 0 aliphatic heterocycles. The quantitative estimate of drug-likeness (QED) is 0.696. The van der Waals surface area contributed by atoms with E-state index >= 15 is 0 Å². The maximum atomic E-state index is 12.2. The summed E-state index contributed by atoms with van der Waals surface area (Å²) in [5, 5.41) is 19.3. The number of carboxylic acids is 1. The zero-order valence-electron chi connectivity index (χ0n) is 12.3. The summed E-state index contributed by atoms with van der Waals surface area (Å²) in [7, 11) is 5.45. The highest BCUT2D eigenvalue weighted by molar-refractivity contribution is 5.91. The van der Waals surface area contributed by atoms with E-state index in [-0.39, 0.29) is 18.4 Å². The number of Topliss-reactive ketones (excluding diaryl/α,β-unsaturated/α-hetero) is 1. The zero-order chi connectivity index (χ0) is 14.8. The third-order valence-corrected chi connectivity index (χ3v) is 2.39. The van der Waals surface area contributed by atoms with Crippen LogP contribution < -0.4 is 0 Å². The Bertz CT molecular complexity index is 325. The Labute approximate surface area is 109 Å². The molecular weight excluding hydrogens is 234 g/mol. The van der Waals surface area contributed by atoms with Crippen molar-refractivity contribution in [1.29, 1.82) is 0 Å². The first kappa shape index (κ1) is 17.1. The number of likely N-dealkylation sites (N-methyl/N-ethyl adjacent to an activating group) is 1. The molecule has 0 amide bonds. The van der Waals surface area contributed by atoms with Crippen LogP contribution in [0.5, 0.6) is 0 Å². The SMILES string of the molecule is CC(C)(C)CC(=O)C(O)(CC(=O)O)C[N+](C)(C)C. The summed E-state index contributed by atoms with van der Waals surface area (Å²) in [4.78, 5) is 23.0. The molecule has 0 fully saturated rings. The number of aliphatic hydroxyl groups is 1. The molecule has 106 valence electrons. The monoisotopic (exact) mass is 260 g/mol. The highest BCUT2D eigenvalue weighted by Gasteiger charge is 2.43. The fraction of sp³-hybridized carbons (Fsp3) is 0.846. The molecular formula is C13H26NO4+. The van der Waals surface area contributed by atoms with Crippen LogP contribution in [0.4, 0.5) is 0 Å². The van der Waals surface area contributed by atoms with Crippen LogP contribution in [0.15, 0.2) is 0 Å². The van der Waals surface area contributed by atoms with Crippen molar-refractivity contribution in [3.8, 4) is 0 Å². The molecule has 0 saturated carbocycles. The van der Waals surface area contributed by atoms with Crippen molar-refractivity contribution >= 4 is 11.8 Å².